The maximum atomic E-state index is 9.13. The van der Waals surface area contributed by atoms with Crippen LogP contribution in [0.1, 0.15) is 19.3 Å². The predicted octanol–water partition coefficient (Wildman–Crippen LogP) is 2.10. The highest BCUT2D eigenvalue weighted by Gasteiger charge is 2.39. The van der Waals surface area contributed by atoms with E-state index >= 15 is 0 Å². The average Bonchev–Trinajstić information content (AvgIpc) is 2.75. The Labute approximate surface area is 96.0 Å². The summed E-state index contributed by atoms with van der Waals surface area (Å²) in [7, 11) is 1.84. The van der Waals surface area contributed by atoms with Gasteiger partial charge in [-0.05, 0) is 32.0 Å². The summed E-state index contributed by atoms with van der Waals surface area (Å²) in [5.74, 6) is 0.886. The molecule has 1 aliphatic rings. The third-order valence-electron chi connectivity index (χ3n) is 3.21. The highest BCUT2D eigenvalue weighted by molar-refractivity contribution is 5.22. The Morgan fingerprint density at radius 1 is 1.44 bits per heavy atom. The van der Waals surface area contributed by atoms with Gasteiger partial charge in [0, 0.05) is 6.42 Å². The molecule has 1 aliphatic carbocycles. The van der Waals surface area contributed by atoms with Gasteiger partial charge < -0.3 is 10.1 Å². The van der Waals surface area contributed by atoms with Crippen LogP contribution in [0.15, 0.2) is 30.3 Å². The second-order valence-electron chi connectivity index (χ2n) is 4.24. The van der Waals surface area contributed by atoms with Crippen LogP contribution in [0.3, 0.4) is 0 Å². The van der Waals surface area contributed by atoms with Gasteiger partial charge in [0.25, 0.3) is 0 Å². The van der Waals surface area contributed by atoms with Gasteiger partial charge in [-0.1, -0.05) is 18.2 Å². The van der Waals surface area contributed by atoms with Crippen LogP contribution in [-0.4, -0.2) is 18.7 Å². The summed E-state index contributed by atoms with van der Waals surface area (Å²) in [5.41, 5.74) is -0.389. The molecule has 1 aromatic rings. The van der Waals surface area contributed by atoms with Gasteiger partial charge in [0.1, 0.15) is 17.4 Å². The van der Waals surface area contributed by atoms with Gasteiger partial charge in [-0.25, -0.2) is 0 Å². The number of hydrogen-bond donors (Lipinski definition) is 1. The molecule has 2 atom stereocenters. The summed E-state index contributed by atoms with van der Waals surface area (Å²) in [4.78, 5) is 0. The lowest BCUT2D eigenvalue weighted by Gasteiger charge is -2.20. The van der Waals surface area contributed by atoms with E-state index in [0.29, 0.717) is 0 Å². The molecule has 0 amide bonds. The monoisotopic (exact) mass is 216 g/mol. The third-order valence-corrected chi connectivity index (χ3v) is 3.21. The minimum absolute atomic E-state index is 0.148. The molecular weight excluding hydrogens is 200 g/mol. The van der Waals surface area contributed by atoms with Crippen LogP contribution in [0, 0.1) is 11.3 Å². The van der Waals surface area contributed by atoms with Crippen molar-refractivity contribution in [2.45, 2.75) is 30.9 Å². The van der Waals surface area contributed by atoms with Crippen LogP contribution in [0.4, 0.5) is 0 Å². The molecule has 0 aromatic heterocycles. The molecule has 0 saturated heterocycles. The molecule has 2 rings (SSSR count). The van der Waals surface area contributed by atoms with Crippen LogP contribution in [0.5, 0.6) is 5.75 Å². The molecule has 0 radical (unpaired) electrons. The van der Waals surface area contributed by atoms with Crippen LogP contribution < -0.4 is 10.1 Å². The zero-order chi connectivity index (χ0) is 11.4. The molecule has 0 bridgehead atoms. The van der Waals surface area contributed by atoms with E-state index in [4.69, 9.17) is 10.00 Å². The Kier molecular flexibility index (Phi) is 3.12. The van der Waals surface area contributed by atoms with Crippen molar-refractivity contribution in [1.82, 2.24) is 5.32 Å². The molecule has 3 heteroatoms. The zero-order valence-corrected chi connectivity index (χ0v) is 9.44. The average molecular weight is 216 g/mol. The molecule has 0 heterocycles. The fourth-order valence-corrected chi connectivity index (χ4v) is 2.18. The Balaban J connectivity index is 1.98. The Morgan fingerprint density at radius 3 is 2.75 bits per heavy atom. The summed E-state index contributed by atoms with van der Waals surface area (Å²) in [6, 6.07) is 12.1. The highest BCUT2D eigenvalue weighted by Crippen LogP contribution is 2.31. The quantitative estimate of drug-likeness (QED) is 0.841. The largest absolute Gasteiger partial charge is 0.490 e. The van der Waals surface area contributed by atoms with Gasteiger partial charge >= 0.3 is 0 Å². The topological polar surface area (TPSA) is 45.0 Å². The van der Waals surface area contributed by atoms with Crippen molar-refractivity contribution in [3.8, 4) is 11.8 Å². The summed E-state index contributed by atoms with van der Waals surface area (Å²) in [6.07, 6.45) is 2.70. The molecule has 0 aliphatic heterocycles. The van der Waals surface area contributed by atoms with Crippen LogP contribution in [0.2, 0.25) is 0 Å². The first kappa shape index (κ1) is 11.0. The maximum Gasteiger partial charge on any atom is 0.119 e. The summed E-state index contributed by atoms with van der Waals surface area (Å²) in [5, 5.41) is 12.2. The van der Waals surface area contributed by atoms with E-state index in [9.17, 15) is 0 Å². The van der Waals surface area contributed by atoms with Crippen molar-refractivity contribution < 1.29 is 4.74 Å². The number of ether oxygens (including phenoxy) is 1. The minimum atomic E-state index is -0.389. The van der Waals surface area contributed by atoms with Crippen LogP contribution in [0.25, 0.3) is 0 Å². The molecule has 3 nitrogen and oxygen atoms in total. The number of nitrogens with zero attached hydrogens (tertiary/aromatic N) is 1. The van der Waals surface area contributed by atoms with Crippen molar-refractivity contribution in [3.05, 3.63) is 30.3 Å². The maximum absolute atomic E-state index is 9.13. The lowest BCUT2D eigenvalue weighted by molar-refractivity contribution is 0.202. The SMILES string of the molecule is CNC1(C#N)CCC(Oc2ccccc2)C1. The Hall–Kier alpha value is -1.53. The fourth-order valence-electron chi connectivity index (χ4n) is 2.18. The van der Waals surface area contributed by atoms with E-state index in [1.807, 2.05) is 37.4 Å². The molecule has 16 heavy (non-hydrogen) atoms. The van der Waals surface area contributed by atoms with Gasteiger partial charge in [0.05, 0.1) is 6.07 Å². The number of hydrogen-bond acceptors (Lipinski definition) is 3. The molecule has 0 spiro atoms. The molecule has 84 valence electrons. The molecule has 1 saturated carbocycles. The third kappa shape index (κ3) is 2.17. The standard InChI is InChI=1S/C13H16N2O/c1-15-13(10-14)8-7-12(9-13)16-11-5-3-2-4-6-11/h2-6,12,15H,7-9H2,1H3. The fraction of sp³-hybridized carbons (Fsp3) is 0.462. The van der Waals surface area contributed by atoms with E-state index in [2.05, 4.69) is 11.4 Å². The van der Waals surface area contributed by atoms with Gasteiger partial charge in [0.2, 0.25) is 0 Å². The van der Waals surface area contributed by atoms with E-state index in [0.717, 1.165) is 25.0 Å². The van der Waals surface area contributed by atoms with Gasteiger partial charge in [-0.2, -0.15) is 5.26 Å². The normalized spacial score (nSPS) is 28.6. The van der Waals surface area contributed by atoms with Crippen molar-refractivity contribution in [2.24, 2.45) is 0 Å². The van der Waals surface area contributed by atoms with E-state index in [1.165, 1.54) is 0 Å². The van der Waals surface area contributed by atoms with Crippen molar-refractivity contribution in [2.75, 3.05) is 7.05 Å². The van der Waals surface area contributed by atoms with Crippen molar-refractivity contribution in [1.29, 1.82) is 5.26 Å². The number of rotatable bonds is 3. The van der Waals surface area contributed by atoms with Crippen molar-refractivity contribution in [3.63, 3.8) is 0 Å². The first-order chi connectivity index (χ1) is 7.78. The zero-order valence-electron chi connectivity index (χ0n) is 9.44. The lowest BCUT2D eigenvalue weighted by Crippen LogP contribution is -2.39. The minimum Gasteiger partial charge on any atom is -0.490 e. The second-order valence-corrected chi connectivity index (χ2v) is 4.24. The molecule has 1 aromatic carbocycles. The van der Waals surface area contributed by atoms with E-state index < -0.39 is 0 Å². The summed E-state index contributed by atoms with van der Waals surface area (Å²) in [6.45, 7) is 0. The highest BCUT2D eigenvalue weighted by atomic mass is 16.5. The van der Waals surface area contributed by atoms with E-state index in [1.54, 1.807) is 0 Å². The second kappa shape index (κ2) is 4.54. The number of nitriles is 1. The van der Waals surface area contributed by atoms with Crippen LogP contribution >= 0.6 is 0 Å². The molecular formula is C13H16N2O. The molecule has 1 N–H and O–H groups in total. The number of benzene rings is 1. The molecule has 2 unspecified atom stereocenters. The Morgan fingerprint density at radius 2 is 2.19 bits per heavy atom. The number of nitrogens with one attached hydrogen (secondary N) is 1. The van der Waals surface area contributed by atoms with Gasteiger partial charge in [-0.3, -0.25) is 0 Å². The first-order valence-corrected chi connectivity index (χ1v) is 5.60. The van der Waals surface area contributed by atoms with Gasteiger partial charge in [0.15, 0.2) is 0 Å². The lowest BCUT2D eigenvalue weighted by atomic mass is 10.0. The predicted molar refractivity (Wildman–Crippen MR) is 62.1 cm³/mol. The van der Waals surface area contributed by atoms with Crippen molar-refractivity contribution >= 4 is 0 Å². The van der Waals surface area contributed by atoms with Crippen LogP contribution in [-0.2, 0) is 0 Å². The Bertz CT molecular complexity index is 385. The summed E-state index contributed by atoms with van der Waals surface area (Å²) >= 11 is 0. The van der Waals surface area contributed by atoms with E-state index in [-0.39, 0.29) is 11.6 Å². The molecule has 1 fully saturated rings. The van der Waals surface area contributed by atoms with Gasteiger partial charge in [-0.15, -0.1) is 0 Å². The summed E-state index contributed by atoms with van der Waals surface area (Å²) < 4.78 is 5.84. The first-order valence-electron chi connectivity index (χ1n) is 5.60. The number of para-hydroxylation sites is 1. The smallest absolute Gasteiger partial charge is 0.119 e.